The molecule has 0 unspecified atom stereocenters. The Balaban J connectivity index is 2.07. The highest BCUT2D eigenvalue weighted by atomic mass is 16.5. The number of hydrogen-bond acceptors (Lipinski definition) is 4. The molecule has 0 aliphatic rings. The standard InChI is InChI=1S/C20H22N2O4/c1-4-26-17-9-5-15(6-10-17)7-12-20(24)22-18-13-16(21-14(2)23)8-11-19(18)25-3/h5-13H,4H2,1-3H3,(H,21,23)(H,22,24)/b12-7+. The van der Waals surface area contributed by atoms with Gasteiger partial charge in [-0.15, -0.1) is 0 Å². The van der Waals surface area contributed by atoms with Crippen LogP contribution < -0.4 is 20.1 Å². The minimum absolute atomic E-state index is 0.192. The minimum atomic E-state index is -0.308. The number of hydrogen-bond donors (Lipinski definition) is 2. The third-order valence-corrected chi connectivity index (χ3v) is 3.40. The van der Waals surface area contributed by atoms with Gasteiger partial charge in [-0.25, -0.2) is 0 Å². The van der Waals surface area contributed by atoms with Crippen LogP contribution in [0.3, 0.4) is 0 Å². The molecule has 0 bridgehead atoms. The first-order valence-corrected chi connectivity index (χ1v) is 8.19. The Morgan fingerprint density at radius 2 is 1.81 bits per heavy atom. The molecule has 0 aromatic heterocycles. The lowest BCUT2D eigenvalue weighted by atomic mass is 10.2. The molecule has 136 valence electrons. The summed E-state index contributed by atoms with van der Waals surface area (Å²) in [5.41, 5.74) is 1.92. The predicted molar refractivity (Wildman–Crippen MR) is 103 cm³/mol. The SMILES string of the molecule is CCOc1ccc(/C=C/C(=O)Nc2cc(NC(C)=O)ccc2OC)cc1. The van der Waals surface area contributed by atoms with Gasteiger partial charge in [-0.05, 0) is 48.9 Å². The van der Waals surface area contributed by atoms with Gasteiger partial charge < -0.3 is 20.1 Å². The van der Waals surface area contributed by atoms with Crippen molar-refractivity contribution < 1.29 is 19.1 Å². The second-order valence-electron chi connectivity index (χ2n) is 5.42. The number of anilines is 2. The van der Waals surface area contributed by atoms with Gasteiger partial charge in [0, 0.05) is 18.7 Å². The number of benzene rings is 2. The molecule has 0 atom stereocenters. The zero-order chi connectivity index (χ0) is 18.9. The van der Waals surface area contributed by atoms with Gasteiger partial charge in [-0.1, -0.05) is 12.1 Å². The van der Waals surface area contributed by atoms with Crippen molar-refractivity contribution in [1.82, 2.24) is 0 Å². The molecule has 0 spiro atoms. The van der Waals surface area contributed by atoms with Crippen molar-refractivity contribution >= 4 is 29.3 Å². The lowest BCUT2D eigenvalue weighted by Gasteiger charge is -2.11. The van der Waals surface area contributed by atoms with Crippen LogP contribution in [0, 0.1) is 0 Å². The van der Waals surface area contributed by atoms with Gasteiger partial charge in [0.05, 0.1) is 19.4 Å². The summed E-state index contributed by atoms with van der Waals surface area (Å²) in [5.74, 6) is 0.788. The van der Waals surface area contributed by atoms with Crippen LogP contribution in [-0.2, 0) is 9.59 Å². The summed E-state index contributed by atoms with van der Waals surface area (Å²) in [4.78, 5) is 23.4. The van der Waals surface area contributed by atoms with Gasteiger partial charge in [0.25, 0.3) is 0 Å². The van der Waals surface area contributed by atoms with Crippen molar-refractivity contribution in [2.24, 2.45) is 0 Å². The van der Waals surface area contributed by atoms with E-state index >= 15 is 0 Å². The van der Waals surface area contributed by atoms with Gasteiger partial charge >= 0.3 is 0 Å². The number of carbonyl (C=O) groups excluding carboxylic acids is 2. The molecule has 0 saturated carbocycles. The first-order chi connectivity index (χ1) is 12.5. The van der Waals surface area contributed by atoms with Gasteiger partial charge in [0.2, 0.25) is 11.8 Å². The van der Waals surface area contributed by atoms with Crippen LogP contribution in [0.5, 0.6) is 11.5 Å². The molecule has 0 heterocycles. The van der Waals surface area contributed by atoms with Gasteiger partial charge in [-0.3, -0.25) is 9.59 Å². The Morgan fingerprint density at radius 1 is 1.08 bits per heavy atom. The molecular weight excluding hydrogens is 332 g/mol. The number of carbonyl (C=O) groups is 2. The summed E-state index contributed by atoms with van der Waals surface area (Å²) in [6.07, 6.45) is 3.13. The molecule has 0 fully saturated rings. The number of nitrogens with one attached hydrogen (secondary N) is 2. The van der Waals surface area contributed by atoms with E-state index in [2.05, 4.69) is 10.6 Å². The molecule has 2 rings (SSSR count). The van der Waals surface area contributed by atoms with Gasteiger partial charge in [0.15, 0.2) is 0 Å². The highest BCUT2D eigenvalue weighted by Gasteiger charge is 2.07. The van der Waals surface area contributed by atoms with E-state index in [9.17, 15) is 9.59 Å². The van der Waals surface area contributed by atoms with Crippen LogP contribution in [0.25, 0.3) is 6.08 Å². The lowest BCUT2D eigenvalue weighted by molar-refractivity contribution is -0.114. The average Bonchev–Trinajstić information content (AvgIpc) is 2.61. The monoisotopic (exact) mass is 354 g/mol. The van der Waals surface area contributed by atoms with E-state index in [0.717, 1.165) is 11.3 Å². The van der Waals surface area contributed by atoms with Crippen LogP contribution in [0.1, 0.15) is 19.4 Å². The van der Waals surface area contributed by atoms with Crippen molar-refractivity contribution in [2.75, 3.05) is 24.4 Å². The molecule has 0 saturated heterocycles. The maximum atomic E-state index is 12.2. The fourth-order valence-corrected chi connectivity index (χ4v) is 2.27. The zero-order valence-electron chi connectivity index (χ0n) is 15.0. The quantitative estimate of drug-likeness (QED) is 0.743. The Kier molecular flexibility index (Phi) is 6.79. The maximum absolute atomic E-state index is 12.2. The normalized spacial score (nSPS) is 10.4. The summed E-state index contributed by atoms with van der Waals surface area (Å²) < 4.78 is 10.6. The number of rotatable bonds is 7. The predicted octanol–water partition coefficient (Wildman–Crippen LogP) is 3.70. The molecule has 0 aliphatic carbocycles. The largest absolute Gasteiger partial charge is 0.495 e. The van der Waals surface area contributed by atoms with E-state index in [4.69, 9.17) is 9.47 Å². The maximum Gasteiger partial charge on any atom is 0.248 e. The van der Waals surface area contributed by atoms with Gasteiger partial charge in [-0.2, -0.15) is 0 Å². The summed E-state index contributed by atoms with van der Waals surface area (Å²) in [5, 5.41) is 5.42. The number of ether oxygens (including phenoxy) is 2. The van der Waals surface area contributed by atoms with E-state index in [1.54, 1.807) is 24.3 Å². The third kappa shape index (κ3) is 5.66. The molecule has 6 heteroatoms. The van der Waals surface area contributed by atoms with Crippen LogP contribution in [0.2, 0.25) is 0 Å². The Bertz CT molecular complexity index is 798. The molecule has 2 aromatic rings. The summed E-state index contributed by atoms with van der Waals surface area (Å²) in [6.45, 7) is 3.95. The molecule has 2 N–H and O–H groups in total. The van der Waals surface area contributed by atoms with E-state index in [0.29, 0.717) is 23.7 Å². The minimum Gasteiger partial charge on any atom is -0.495 e. The zero-order valence-corrected chi connectivity index (χ0v) is 15.0. The Labute approximate surface area is 152 Å². The Morgan fingerprint density at radius 3 is 2.42 bits per heavy atom. The van der Waals surface area contributed by atoms with Crippen molar-refractivity contribution in [3.63, 3.8) is 0 Å². The smallest absolute Gasteiger partial charge is 0.248 e. The number of amides is 2. The summed E-state index contributed by atoms with van der Waals surface area (Å²) in [6, 6.07) is 12.5. The topological polar surface area (TPSA) is 76.7 Å². The second-order valence-corrected chi connectivity index (χ2v) is 5.42. The van der Waals surface area contributed by atoms with Crippen LogP contribution in [-0.4, -0.2) is 25.5 Å². The van der Waals surface area contributed by atoms with Crippen LogP contribution in [0.15, 0.2) is 48.5 Å². The van der Waals surface area contributed by atoms with E-state index in [-0.39, 0.29) is 11.8 Å². The molecule has 0 aliphatic heterocycles. The molecule has 2 aromatic carbocycles. The van der Waals surface area contributed by atoms with Crippen molar-refractivity contribution in [1.29, 1.82) is 0 Å². The van der Waals surface area contributed by atoms with Crippen molar-refractivity contribution in [2.45, 2.75) is 13.8 Å². The van der Waals surface area contributed by atoms with Crippen molar-refractivity contribution in [3.05, 3.63) is 54.1 Å². The first-order valence-electron chi connectivity index (χ1n) is 8.19. The highest BCUT2D eigenvalue weighted by molar-refractivity contribution is 6.03. The second kappa shape index (κ2) is 9.27. The molecular formula is C20H22N2O4. The molecule has 6 nitrogen and oxygen atoms in total. The van der Waals surface area contributed by atoms with E-state index in [1.807, 2.05) is 31.2 Å². The van der Waals surface area contributed by atoms with Crippen LogP contribution in [0.4, 0.5) is 11.4 Å². The van der Waals surface area contributed by atoms with Crippen molar-refractivity contribution in [3.8, 4) is 11.5 Å². The molecule has 0 radical (unpaired) electrons. The van der Waals surface area contributed by atoms with E-state index < -0.39 is 0 Å². The fraction of sp³-hybridized carbons (Fsp3) is 0.200. The third-order valence-electron chi connectivity index (χ3n) is 3.40. The summed E-state index contributed by atoms with van der Waals surface area (Å²) in [7, 11) is 1.51. The lowest BCUT2D eigenvalue weighted by Crippen LogP contribution is -2.10. The van der Waals surface area contributed by atoms with Gasteiger partial charge in [0.1, 0.15) is 11.5 Å². The average molecular weight is 354 g/mol. The van der Waals surface area contributed by atoms with Crippen LogP contribution >= 0.6 is 0 Å². The first kappa shape index (κ1) is 19.1. The fourth-order valence-electron chi connectivity index (χ4n) is 2.27. The Hall–Kier alpha value is -3.28. The molecule has 26 heavy (non-hydrogen) atoms. The molecule has 2 amide bonds. The number of methoxy groups -OCH3 is 1. The summed E-state index contributed by atoms with van der Waals surface area (Å²) >= 11 is 0. The highest BCUT2D eigenvalue weighted by Crippen LogP contribution is 2.28. The van der Waals surface area contributed by atoms with E-state index in [1.165, 1.54) is 20.1 Å².